The Labute approximate surface area is 154 Å². The average molecular weight is 364 g/mol. The maximum atomic E-state index is 5.77. The van der Waals surface area contributed by atoms with Crippen LogP contribution in [0.25, 0.3) is 21.3 Å². The molecule has 4 rings (SSSR count). The van der Waals surface area contributed by atoms with Gasteiger partial charge < -0.3 is 5.73 Å². The third kappa shape index (κ3) is 3.36. The summed E-state index contributed by atoms with van der Waals surface area (Å²) in [5.41, 5.74) is 10.3. The van der Waals surface area contributed by atoms with Crippen molar-refractivity contribution in [1.82, 2.24) is 15.0 Å². The number of nitrogen functional groups attached to an aromatic ring is 1. The Morgan fingerprint density at radius 2 is 1.92 bits per heavy atom. The first-order chi connectivity index (χ1) is 12.2. The smallest absolute Gasteiger partial charge is 0.128 e. The molecule has 4 nitrogen and oxygen atoms in total. The quantitative estimate of drug-likeness (QED) is 0.410. The fraction of sp³-hybridized carbons (Fsp3) is 0.105. The van der Waals surface area contributed by atoms with E-state index >= 15 is 0 Å². The highest BCUT2D eigenvalue weighted by atomic mass is 32.2. The number of aromatic nitrogens is 3. The first kappa shape index (κ1) is 16.1. The van der Waals surface area contributed by atoms with Crippen molar-refractivity contribution in [2.24, 2.45) is 0 Å². The molecule has 1 aromatic carbocycles. The highest BCUT2D eigenvalue weighted by Gasteiger charge is 2.13. The Bertz CT molecular complexity index is 1030. The van der Waals surface area contributed by atoms with E-state index < -0.39 is 0 Å². The van der Waals surface area contributed by atoms with E-state index in [1.165, 1.54) is 16.7 Å². The van der Waals surface area contributed by atoms with Gasteiger partial charge in [-0.25, -0.2) is 15.0 Å². The molecule has 0 radical (unpaired) electrons. The molecule has 0 atom stereocenters. The van der Waals surface area contributed by atoms with Crippen molar-refractivity contribution >= 4 is 39.1 Å². The van der Waals surface area contributed by atoms with Gasteiger partial charge in [-0.2, -0.15) is 0 Å². The zero-order valence-corrected chi connectivity index (χ0v) is 15.3. The van der Waals surface area contributed by atoms with E-state index in [0.717, 1.165) is 26.7 Å². The molecule has 3 heterocycles. The van der Waals surface area contributed by atoms with Gasteiger partial charge in [0.1, 0.15) is 22.0 Å². The number of fused-ring (bicyclic) bond motifs is 1. The first-order valence-electron chi connectivity index (χ1n) is 7.84. The molecule has 2 N–H and O–H groups in total. The predicted octanol–water partition coefficient (Wildman–Crippen LogP) is 4.94. The summed E-state index contributed by atoms with van der Waals surface area (Å²) in [6.45, 7) is 2.10. The summed E-state index contributed by atoms with van der Waals surface area (Å²) in [5.74, 6) is 1.27. The zero-order valence-electron chi connectivity index (χ0n) is 13.6. The standard InChI is InChI=1S/C19H16N4S2/c1-12-5-7-13(8-6-12)15-10-25-19-17(15)18(21-11-22-19)24-9-14-3-2-4-16(20)23-14/h2-8,10-11H,9H2,1H3,(H2,20,23). The Hall–Kier alpha value is -2.44. The molecule has 3 aromatic heterocycles. The Balaban J connectivity index is 1.71. The van der Waals surface area contributed by atoms with E-state index in [2.05, 4.69) is 51.5 Å². The molecule has 0 aliphatic heterocycles. The van der Waals surface area contributed by atoms with Crippen molar-refractivity contribution in [3.63, 3.8) is 0 Å². The minimum absolute atomic E-state index is 0.543. The molecule has 6 heteroatoms. The van der Waals surface area contributed by atoms with E-state index in [9.17, 15) is 0 Å². The van der Waals surface area contributed by atoms with Crippen LogP contribution in [0.5, 0.6) is 0 Å². The highest BCUT2D eigenvalue weighted by molar-refractivity contribution is 7.98. The molecule has 0 aliphatic carbocycles. The number of nitrogens with zero attached hydrogens (tertiary/aromatic N) is 3. The number of aryl methyl sites for hydroxylation is 1. The van der Waals surface area contributed by atoms with E-state index in [1.807, 2.05) is 12.1 Å². The van der Waals surface area contributed by atoms with Crippen LogP contribution in [-0.4, -0.2) is 15.0 Å². The summed E-state index contributed by atoms with van der Waals surface area (Å²) >= 11 is 3.32. The second kappa shape index (κ2) is 6.82. The minimum atomic E-state index is 0.543. The van der Waals surface area contributed by atoms with E-state index in [1.54, 1.807) is 35.5 Å². The molecular formula is C19H16N4S2. The number of hydrogen-bond acceptors (Lipinski definition) is 6. The number of thioether (sulfide) groups is 1. The van der Waals surface area contributed by atoms with Crippen LogP contribution in [0.1, 0.15) is 11.3 Å². The molecule has 0 bridgehead atoms. The van der Waals surface area contributed by atoms with E-state index in [0.29, 0.717) is 5.82 Å². The molecule has 0 aliphatic rings. The van der Waals surface area contributed by atoms with Gasteiger partial charge in [0.15, 0.2) is 0 Å². The second-order valence-electron chi connectivity index (χ2n) is 5.72. The zero-order chi connectivity index (χ0) is 17.2. The maximum absolute atomic E-state index is 5.77. The molecule has 0 saturated heterocycles. The first-order valence-corrected chi connectivity index (χ1v) is 9.70. The third-order valence-corrected chi connectivity index (χ3v) is 5.79. The van der Waals surface area contributed by atoms with Crippen LogP contribution in [0.2, 0.25) is 0 Å². The number of thiophene rings is 1. The van der Waals surface area contributed by atoms with Gasteiger partial charge in [0.05, 0.1) is 11.1 Å². The van der Waals surface area contributed by atoms with Crippen LogP contribution >= 0.6 is 23.1 Å². The molecule has 0 fully saturated rings. The van der Waals surface area contributed by atoms with Crippen molar-refractivity contribution in [2.75, 3.05) is 5.73 Å². The molecule has 0 unspecified atom stereocenters. The Morgan fingerprint density at radius 1 is 1.08 bits per heavy atom. The lowest BCUT2D eigenvalue weighted by atomic mass is 10.1. The van der Waals surface area contributed by atoms with Gasteiger partial charge in [-0.05, 0) is 24.6 Å². The van der Waals surface area contributed by atoms with Crippen molar-refractivity contribution < 1.29 is 0 Å². The van der Waals surface area contributed by atoms with Crippen LogP contribution in [0, 0.1) is 6.92 Å². The van der Waals surface area contributed by atoms with Gasteiger partial charge in [0.2, 0.25) is 0 Å². The number of pyridine rings is 1. The fourth-order valence-corrected chi connectivity index (χ4v) is 4.52. The molecule has 25 heavy (non-hydrogen) atoms. The Kier molecular flexibility index (Phi) is 4.38. The van der Waals surface area contributed by atoms with Gasteiger partial charge >= 0.3 is 0 Å². The fourth-order valence-electron chi connectivity index (χ4n) is 2.62. The number of rotatable bonds is 4. The van der Waals surface area contributed by atoms with Crippen LogP contribution < -0.4 is 5.73 Å². The lowest BCUT2D eigenvalue weighted by Crippen LogP contribution is -1.94. The van der Waals surface area contributed by atoms with Gasteiger partial charge in [0, 0.05) is 16.7 Å². The highest BCUT2D eigenvalue weighted by Crippen LogP contribution is 2.38. The Morgan fingerprint density at radius 3 is 2.72 bits per heavy atom. The van der Waals surface area contributed by atoms with E-state index in [4.69, 9.17) is 5.73 Å². The molecule has 4 aromatic rings. The van der Waals surface area contributed by atoms with Crippen LogP contribution in [-0.2, 0) is 5.75 Å². The van der Waals surface area contributed by atoms with Crippen LogP contribution in [0.3, 0.4) is 0 Å². The molecule has 0 saturated carbocycles. The number of anilines is 1. The summed E-state index contributed by atoms with van der Waals surface area (Å²) in [6, 6.07) is 14.3. The second-order valence-corrected chi connectivity index (χ2v) is 7.54. The average Bonchev–Trinajstić information content (AvgIpc) is 3.05. The largest absolute Gasteiger partial charge is 0.384 e. The van der Waals surface area contributed by atoms with Gasteiger partial charge in [-0.15, -0.1) is 11.3 Å². The maximum Gasteiger partial charge on any atom is 0.128 e. The molecule has 124 valence electrons. The summed E-state index contributed by atoms with van der Waals surface area (Å²) in [5, 5.41) is 4.25. The summed E-state index contributed by atoms with van der Waals surface area (Å²) in [4.78, 5) is 14.3. The van der Waals surface area contributed by atoms with Crippen molar-refractivity contribution in [3.05, 3.63) is 65.4 Å². The summed E-state index contributed by atoms with van der Waals surface area (Å²) in [6.07, 6.45) is 1.63. The SMILES string of the molecule is Cc1ccc(-c2csc3ncnc(SCc4cccc(N)n4)c23)cc1. The van der Waals surface area contributed by atoms with E-state index in [-0.39, 0.29) is 0 Å². The lowest BCUT2D eigenvalue weighted by molar-refractivity contribution is 1.10. The summed E-state index contributed by atoms with van der Waals surface area (Å²) < 4.78 is 0. The van der Waals surface area contributed by atoms with Gasteiger partial charge in [0.25, 0.3) is 0 Å². The normalized spacial score (nSPS) is 11.1. The molecule has 0 amide bonds. The van der Waals surface area contributed by atoms with Crippen molar-refractivity contribution in [2.45, 2.75) is 17.7 Å². The topological polar surface area (TPSA) is 64.7 Å². The van der Waals surface area contributed by atoms with Gasteiger partial charge in [-0.3, -0.25) is 0 Å². The van der Waals surface area contributed by atoms with Gasteiger partial charge in [-0.1, -0.05) is 47.7 Å². The minimum Gasteiger partial charge on any atom is -0.384 e. The van der Waals surface area contributed by atoms with Crippen molar-refractivity contribution in [3.8, 4) is 11.1 Å². The van der Waals surface area contributed by atoms with Crippen LogP contribution in [0.4, 0.5) is 5.82 Å². The predicted molar refractivity (Wildman–Crippen MR) is 106 cm³/mol. The number of benzene rings is 1. The lowest BCUT2D eigenvalue weighted by Gasteiger charge is -2.06. The van der Waals surface area contributed by atoms with Crippen molar-refractivity contribution in [1.29, 1.82) is 0 Å². The summed E-state index contributed by atoms with van der Waals surface area (Å²) in [7, 11) is 0. The number of hydrogen-bond donors (Lipinski definition) is 1. The third-order valence-electron chi connectivity index (χ3n) is 3.88. The number of nitrogens with two attached hydrogens (primary N) is 1. The molecular weight excluding hydrogens is 348 g/mol. The monoisotopic (exact) mass is 364 g/mol. The van der Waals surface area contributed by atoms with Crippen LogP contribution in [0.15, 0.2) is 59.2 Å². The molecule has 0 spiro atoms.